The van der Waals surface area contributed by atoms with E-state index in [0.29, 0.717) is 31.4 Å². The summed E-state index contributed by atoms with van der Waals surface area (Å²) in [5, 5.41) is 9.49. The molecule has 1 aromatic heterocycles. The first-order valence-corrected chi connectivity index (χ1v) is 13.0. The molecule has 2 rings (SSSR count). The molecule has 1 heterocycles. The zero-order valence-electron chi connectivity index (χ0n) is 18.1. The van der Waals surface area contributed by atoms with Crippen molar-refractivity contribution < 1.29 is 19.0 Å². The van der Waals surface area contributed by atoms with Crippen LogP contribution in [0.4, 0.5) is 0 Å². The SMILES string of the molecule is CC(CO[Si](C)(C)C(C)(C)C)OCC#Cc1ccc(OCC2CC(O)C2)cn1. The van der Waals surface area contributed by atoms with Crippen molar-refractivity contribution in [1.29, 1.82) is 0 Å². The predicted octanol–water partition coefficient (Wildman–Crippen LogP) is 4.01. The van der Waals surface area contributed by atoms with Gasteiger partial charge in [0, 0.05) is 0 Å². The van der Waals surface area contributed by atoms with E-state index in [4.69, 9.17) is 13.9 Å². The van der Waals surface area contributed by atoms with Crippen LogP contribution in [0.5, 0.6) is 5.75 Å². The Bertz CT molecular complexity index is 667. The molecular weight excluding hydrogens is 370 g/mol. The molecule has 0 saturated heterocycles. The molecule has 156 valence electrons. The van der Waals surface area contributed by atoms with Gasteiger partial charge < -0.3 is 19.0 Å². The summed E-state index contributed by atoms with van der Waals surface area (Å²) in [6, 6.07) is 3.73. The van der Waals surface area contributed by atoms with E-state index in [2.05, 4.69) is 50.7 Å². The fourth-order valence-electron chi connectivity index (χ4n) is 2.49. The van der Waals surface area contributed by atoms with Crippen LogP contribution in [0.3, 0.4) is 0 Å². The van der Waals surface area contributed by atoms with Crippen LogP contribution < -0.4 is 4.74 Å². The molecule has 28 heavy (non-hydrogen) atoms. The van der Waals surface area contributed by atoms with E-state index in [1.165, 1.54) is 0 Å². The summed E-state index contributed by atoms with van der Waals surface area (Å²) in [7, 11) is -1.74. The summed E-state index contributed by atoms with van der Waals surface area (Å²) in [5.74, 6) is 7.20. The van der Waals surface area contributed by atoms with Crippen molar-refractivity contribution in [1.82, 2.24) is 4.98 Å². The van der Waals surface area contributed by atoms with Crippen LogP contribution in [-0.2, 0) is 9.16 Å². The Kier molecular flexibility index (Phi) is 8.08. The maximum atomic E-state index is 9.29. The minimum Gasteiger partial charge on any atom is -0.492 e. The summed E-state index contributed by atoms with van der Waals surface area (Å²) in [4.78, 5) is 4.31. The summed E-state index contributed by atoms with van der Waals surface area (Å²) < 4.78 is 17.6. The molecule has 0 spiro atoms. The van der Waals surface area contributed by atoms with Crippen LogP contribution in [0.1, 0.15) is 46.2 Å². The zero-order chi connectivity index (χ0) is 20.8. The van der Waals surface area contributed by atoms with E-state index in [1.807, 2.05) is 19.1 Å². The first kappa shape index (κ1) is 22.9. The summed E-state index contributed by atoms with van der Waals surface area (Å²) in [6.07, 6.45) is 3.22. The average molecular weight is 406 g/mol. The molecule has 0 aromatic carbocycles. The quantitative estimate of drug-likeness (QED) is 0.523. The minimum absolute atomic E-state index is 0.0113. The lowest BCUT2D eigenvalue weighted by Gasteiger charge is -2.36. The van der Waals surface area contributed by atoms with Gasteiger partial charge in [-0.15, -0.1) is 0 Å². The lowest BCUT2D eigenvalue weighted by molar-refractivity contribution is 0.0202. The van der Waals surface area contributed by atoms with Gasteiger partial charge in [0.1, 0.15) is 18.1 Å². The lowest BCUT2D eigenvalue weighted by atomic mass is 9.83. The van der Waals surface area contributed by atoms with Gasteiger partial charge in [0.2, 0.25) is 0 Å². The lowest BCUT2D eigenvalue weighted by Crippen LogP contribution is -2.42. The first-order chi connectivity index (χ1) is 13.1. The van der Waals surface area contributed by atoms with Gasteiger partial charge in [0.15, 0.2) is 8.32 Å². The maximum absolute atomic E-state index is 9.29. The Labute approximate surface area is 170 Å². The predicted molar refractivity (Wildman–Crippen MR) is 114 cm³/mol. The summed E-state index contributed by atoms with van der Waals surface area (Å²) in [5.41, 5.74) is 0.695. The highest BCUT2D eigenvalue weighted by atomic mass is 28.4. The number of hydrogen-bond donors (Lipinski definition) is 1. The van der Waals surface area contributed by atoms with Gasteiger partial charge in [0.25, 0.3) is 0 Å². The van der Waals surface area contributed by atoms with Gasteiger partial charge in [-0.3, -0.25) is 0 Å². The number of pyridine rings is 1. The van der Waals surface area contributed by atoms with Gasteiger partial charge in [-0.05, 0) is 61.9 Å². The minimum atomic E-state index is -1.74. The molecular formula is C22H35NO4Si. The number of hydrogen-bond acceptors (Lipinski definition) is 5. The molecule has 1 aliphatic carbocycles. The smallest absolute Gasteiger partial charge is 0.192 e. The number of nitrogens with zero attached hydrogens (tertiary/aromatic N) is 1. The van der Waals surface area contributed by atoms with Crippen molar-refractivity contribution in [2.75, 3.05) is 19.8 Å². The summed E-state index contributed by atoms with van der Waals surface area (Å²) >= 11 is 0. The molecule has 5 nitrogen and oxygen atoms in total. The van der Waals surface area contributed by atoms with Gasteiger partial charge >= 0.3 is 0 Å². The third-order valence-electron chi connectivity index (χ3n) is 5.57. The van der Waals surface area contributed by atoms with Crippen molar-refractivity contribution in [2.24, 2.45) is 5.92 Å². The van der Waals surface area contributed by atoms with Gasteiger partial charge in [-0.2, -0.15) is 0 Å². The molecule has 0 radical (unpaired) electrons. The monoisotopic (exact) mass is 405 g/mol. The second kappa shape index (κ2) is 9.88. The third-order valence-corrected chi connectivity index (χ3v) is 10.1. The second-order valence-electron chi connectivity index (χ2n) is 9.18. The Morgan fingerprint density at radius 2 is 2.00 bits per heavy atom. The van der Waals surface area contributed by atoms with Gasteiger partial charge in [-0.25, -0.2) is 4.98 Å². The Morgan fingerprint density at radius 3 is 2.57 bits per heavy atom. The third kappa shape index (κ3) is 7.21. The van der Waals surface area contributed by atoms with Crippen LogP contribution in [0.2, 0.25) is 18.1 Å². The molecule has 0 amide bonds. The van der Waals surface area contributed by atoms with E-state index in [0.717, 1.165) is 18.6 Å². The van der Waals surface area contributed by atoms with E-state index >= 15 is 0 Å². The number of ether oxygens (including phenoxy) is 2. The molecule has 6 heteroatoms. The van der Waals surface area contributed by atoms with E-state index in [9.17, 15) is 5.11 Å². The molecule has 1 saturated carbocycles. The molecule has 1 N–H and O–H groups in total. The van der Waals surface area contributed by atoms with Crippen molar-refractivity contribution in [3.8, 4) is 17.6 Å². The van der Waals surface area contributed by atoms with Crippen molar-refractivity contribution in [3.63, 3.8) is 0 Å². The molecule has 0 bridgehead atoms. The van der Waals surface area contributed by atoms with Crippen LogP contribution in [0.15, 0.2) is 18.3 Å². The molecule has 1 aromatic rings. The highest BCUT2D eigenvalue weighted by molar-refractivity contribution is 6.74. The van der Waals surface area contributed by atoms with Gasteiger partial charge in [0.05, 0.1) is 31.6 Å². The molecule has 1 atom stereocenters. The van der Waals surface area contributed by atoms with Gasteiger partial charge in [-0.1, -0.05) is 26.7 Å². The zero-order valence-corrected chi connectivity index (χ0v) is 19.1. The fourth-order valence-corrected chi connectivity index (χ4v) is 3.58. The number of aliphatic hydroxyl groups excluding tert-OH is 1. The second-order valence-corrected chi connectivity index (χ2v) is 14.0. The highest BCUT2D eigenvalue weighted by Crippen LogP contribution is 2.36. The van der Waals surface area contributed by atoms with Crippen molar-refractivity contribution in [2.45, 2.75) is 70.9 Å². The average Bonchev–Trinajstić information content (AvgIpc) is 2.60. The normalized spacial score (nSPS) is 20.7. The Hall–Kier alpha value is -1.39. The topological polar surface area (TPSA) is 60.8 Å². The highest BCUT2D eigenvalue weighted by Gasteiger charge is 2.37. The maximum Gasteiger partial charge on any atom is 0.192 e. The van der Waals surface area contributed by atoms with E-state index < -0.39 is 8.32 Å². The number of aromatic nitrogens is 1. The summed E-state index contributed by atoms with van der Waals surface area (Å²) in [6.45, 7) is 14.8. The number of aliphatic hydroxyl groups is 1. The fraction of sp³-hybridized carbons (Fsp3) is 0.682. The van der Waals surface area contributed by atoms with E-state index in [-0.39, 0.29) is 17.2 Å². The van der Waals surface area contributed by atoms with Crippen LogP contribution in [-0.4, -0.2) is 50.4 Å². The molecule has 0 aliphatic heterocycles. The Morgan fingerprint density at radius 1 is 1.29 bits per heavy atom. The molecule has 1 unspecified atom stereocenters. The Balaban J connectivity index is 1.67. The first-order valence-electron chi connectivity index (χ1n) is 10.1. The largest absolute Gasteiger partial charge is 0.492 e. The molecule has 1 fully saturated rings. The standard InChI is InChI=1S/C22H35NO4Si/c1-17(15-27-28(5,6)22(2,3)4)25-11-7-8-19-9-10-21(14-23-19)26-16-18-12-20(24)13-18/h9-10,14,17-18,20,24H,11-13,15-16H2,1-6H3. The van der Waals surface area contributed by atoms with Crippen LogP contribution in [0.25, 0.3) is 0 Å². The number of rotatable bonds is 8. The van der Waals surface area contributed by atoms with Crippen molar-refractivity contribution in [3.05, 3.63) is 24.0 Å². The van der Waals surface area contributed by atoms with Crippen molar-refractivity contribution >= 4 is 8.32 Å². The van der Waals surface area contributed by atoms with Crippen LogP contribution >= 0.6 is 0 Å². The van der Waals surface area contributed by atoms with E-state index in [1.54, 1.807) is 6.20 Å². The molecule has 1 aliphatic rings. The van der Waals surface area contributed by atoms with Crippen LogP contribution in [0, 0.1) is 17.8 Å².